The molecule has 3 rings (SSSR count). The summed E-state index contributed by atoms with van der Waals surface area (Å²) in [5.74, 6) is 0.203. The Labute approximate surface area is 212 Å². The number of rotatable bonds is 6. The molecule has 186 valence electrons. The Morgan fingerprint density at radius 3 is 2.51 bits per heavy atom. The molecule has 0 radical (unpaired) electrons. The quantitative estimate of drug-likeness (QED) is 0.195. The molecule has 1 aliphatic carbocycles. The molecule has 0 saturated carbocycles. The zero-order valence-corrected chi connectivity index (χ0v) is 22.7. The van der Waals surface area contributed by atoms with Crippen molar-refractivity contribution in [2.75, 3.05) is 5.32 Å². The topological polar surface area (TPSA) is 38.3 Å². The molecule has 0 amide bonds. The molecule has 3 nitrogen and oxygen atoms in total. The van der Waals surface area contributed by atoms with E-state index in [1.54, 1.807) is 0 Å². The summed E-state index contributed by atoms with van der Waals surface area (Å²) in [6.07, 6.45) is 17.9. The molecule has 0 fully saturated rings. The van der Waals surface area contributed by atoms with Crippen LogP contribution in [-0.2, 0) is 4.79 Å². The fraction of sp³-hybridized carbons (Fsp3) is 0.406. The first-order chi connectivity index (χ1) is 16.4. The molecule has 1 aliphatic heterocycles. The van der Waals surface area contributed by atoms with Crippen molar-refractivity contribution >= 4 is 17.2 Å². The zero-order chi connectivity index (χ0) is 25.8. The second kappa shape index (κ2) is 10.7. The van der Waals surface area contributed by atoms with Gasteiger partial charge in [-0.2, -0.15) is 0 Å². The Balaban J connectivity index is 1.65. The predicted octanol–water partition coefficient (Wildman–Crippen LogP) is 8.73. The SMILES string of the molecule is CC1=CC(C)(C)Nc2cccc(OC(=O)/C=C(C)/C=C/C=C(C)/C=C/C3=C(C)CCCC3(C)C)c21. The van der Waals surface area contributed by atoms with Crippen LogP contribution in [0.4, 0.5) is 5.69 Å². The van der Waals surface area contributed by atoms with Gasteiger partial charge in [0.25, 0.3) is 0 Å². The number of carbonyl (C=O) groups excluding carboxylic acids is 1. The van der Waals surface area contributed by atoms with Crippen molar-refractivity contribution < 1.29 is 9.53 Å². The molecule has 0 saturated heterocycles. The Hall–Kier alpha value is -3.07. The number of esters is 1. The van der Waals surface area contributed by atoms with Crippen LogP contribution in [0.25, 0.3) is 5.57 Å². The number of allylic oxidation sites excluding steroid dienone is 10. The molecule has 0 aromatic heterocycles. The Bertz CT molecular complexity index is 1170. The summed E-state index contributed by atoms with van der Waals surface area (Å²) in [4.78, 5) is 12.6. The number of hydrogen-bond acceptors (Lipinski definition) is 3. The van der Waals surface area contributed by atoms with Gasteiger partial charge in [-0.15, -0.1) is 0 Å². The Morgan fingerprint density at radius 1 is 1.06 bits per heavy atom. The molecule has 0 bridgehead atoms. The molecule has 1 aromatic rings. The summed E-state index contributed by atoms with van der Waals surface area (Å²) in [6, 6.07) is 5.77. The maximum Gasteiger partial charge on any atom is 0.336 e. The first-order valence-corrected chi connectivity index (χ1v) is 12.6. The van der Waals surface area contributed by atoms with Gasteiger partial charge < -0.3 is 10.1 Å². The van der Waals surface area contributed by atoms with Crippen LogP contribution in [0.3, 0.4) is 0 Å². The monoisotopic (exact) mass is 471 g/mol. The molecule has 2 aliphatic rings. The molecule has 3 heteroatoms. The summed E-state index contributed by atoms with van der Waals surface area (Å²) in [7, 11) is 0. The molecule has 35 heavy (non-hydrogen) atoms. The van der Waals surface area contributed by atoms with Gasteiger partial charge in [-0.3, -0.25) is 0 Å². The van der Waals surface area contributed by atoms with Crippen molar-refractivity contribution in [1.82, 2.24) is 0 Å². The average Bonchev–Trinajstić information content (AvgIpc) is 2.71. The van der Waals surface area contributed by atoms with Gasteiger partial charge in [0.05, 0.1) is 5.54 Å². The number of carbonyl (C=O) groups is 1. The third-order valence-corrected chi connectivity index (χ3v) is 6.78. The number of fused-ring (bicyclic) bond motifs is 1. The van der Waals surface area contributed by atoms with Crippen molar-refractivity contribution in [3.05, 3.63) is 88.6 Å². The summed E-state index contributed by atoms with van der Waals surface area (Å²) >= 11 is 0. The Kier molecular flexibility index (Phi) is 8.10. The lowest BCUT2D eigenvalue weighted by molar-refractivity contribution is -0.129. The maximum absolute atomic E-state index is 12.6. The zero-order valence-electron chi connectivity index (χ0n) is 22.7. The van der Waals surface area contributed by atoms with Crippen LogP contribution in [0.5, 0.6) is 5.75 Å². The minimum Gasteiger partial charge on any atom is -0.423 e. The third kappa shape index (κ3) is 6.97. The van der Waals surface area contributed by atoms with Gasteiger partial charge in [0.1, 0.15) is 5.75 Å². The van der Waals surface area contributed by atoms with Gasteiger partial charge in [-0.05, 0) is 95.1 Å². The van der Waals surface area contributed by atoms with Crippen LogP contribution >= 0.6 is 0 Å². The Morgan fingerprint density at radius 2 is 1.80 bits per heavy atom. The highest BCUT2D eigenvalue weighted by Crippen LogP contribution is 2.41. The van der Waals surface area contributed by atoms with Gasteiger partial charge in [-0.25, -0.2) is 4.79 Å². The van der Waals surface area contributed by atoms with Gasteiger partial charge in [0, 0.05) is 17.3 Å². The molecular formula is C32H41NO2. The van der Waals surface area contributed by atoms with E-state index in [1.165, 1.54) is 42.1 Å². The molecule has 1 N–H and O–H groups in total. The van der Waals surface area contributed by atoms with E-state index in [2.05, 4.69) is 78.1 Å². The highest BCUT2D eigenvalue weighted by molar-refractivity contribution is 5.89. The lowest BCUT2D eigenvalue weighted by Gasteiger charge is -2.32. The highest BCUT2D eigenvalue weighted by Gasteiger charge is 2.27. The smallest absolute Gasteiger partial charge is 0.336 e. The van der Waals surface area contributed by atoms with Gasteiger partial charge in [0.2, 0.25) is 0 Å². The number of nitrogens with one attached hydrogen (secondary N) is 1. The van der Waals surface area contributed by atoms with E-state index in [1.807, 2.05) is 37.3 Å². The number of anilines is 1. The van der Waals surface area contributed by atoms with E-state index in [0.29, 0.717) is 5.75 Å². The number of ether oxygens (including phenoxy) is 1. The lowest BCUT2D eigenvalue weighted by atomic mass is 9.72. The van der Waals surface area contributed by atoms with Crippen molar-refractivity contribution in [3.8, 4) is 5.75 Å². The third-order valence-electron chi connectivity index (χ3n) is 6.78. The van der Waals surface area contributed by atoms with E-state index >= 15 is 0 Å². The van der Waals surface area contributed by atoms with Crippen molar-refractivity contribution in [1.29, 1.82) is 0 Å². The van der Waals surface area contributed by atoms with Crippen molar-refractivity contribution in [3.63, 3.8) is 0 Å². The first-order valence-electron chi connectivity index (χ1n) is 12.6. The van der Waals surface area contributed by atoms with Gasteiger partial charge in [-0.1, -0.05) is 67.5 Å². The van der Waals surface area contributed by atoms with Crippen LogP contribution in [-0.4, -0.2) is 11.5 Å². The van der Waals surface area contributed by atoms with E-state index in [-0.39, 0.29) is 16.9 Å². The summed E-state index contributed by atoms with van der Waals surface area (Å²) in [5, 5.41) is 3.49. The van der Waals surface area contributed by atoms with E-state index in [9.17, 15) is 4.79 Å². The van der Waals surface area contributed by atoms with Gasteiger partial charge in [0.15, 0.2) is 0 Å². The molecule has 0 spiro atoms. The van der Waals surface area contributed by atoms with E-state index in [0.717, 1.165) is 22.4 Å². The standard InChI is InChI=1S/C32H41NO2/c1-22(17-18-26-24(3)14-11-19-31(26,5)6)12-9-13-23(2)20-29(34)35-28-16-10-15-27-30(28)25(4)21-32(7,8)33-27/h9-10,12-13,15-18,20-21,33H,11,14,19H2,1-8H3/b13-9+,18-17+,22-12+,23-20+. The highest BCUT2D eigenvalue weighted by atomic mass is 16.5. The second-order valence-corrected chi connectivity index (χ2v) is 11.2. The fourth-order valence-corrected chi connectivity index (χ4v) is 5.13. The van der Waals surface area contributed by atoms with E-state index in [4.69, 9.17) is 4.74 Å². The van der Waals surface area contributed by atoms with Crippen LogP contribution in [0.2, 0.25) is 0 Å². The predicted molar refractivity (Wildman–Crippen MR) is 150 cm³/mol. The minimum atomic E-state index is -0.374. The summed E-state index contributed by atoms with van der Waals surface area (Å²) in [6.45, 7) is 17.2. The number of hydrogen-bond donors (Lipinski definition) is 1. The van der Waals surface area contributed by atoms with E-state index < -0.39 is 0 Å². The average molecular weight is 472 g/mol. The van der Waals surface area contributed by atoms with Crippen molar-refractivity contribution in [2.24, 2.45) is 5.41 Å². The van der Waals surface area contributed by atoms with Crippen LogP contribution in [0.1, 0.15) is 80.2 Å². The van der Waals surface area contributed by atoms with Crippen molar-refractivity contribution in [2.45, 2.75) is 80.2 Å². The normalized spacial score (nSPS) is 20.1. The molecule has 0 atom stereocenters. The van der Waals surface area contributed by atoms with Gasteiger partial charge >= 0.3 is 5.97 Å². The summed E-state index contributed by atoms with van der Waals surface area (Å²) < 4.78 is 5.72. The summed E-state index contributed by atoms with van der Waals surface area (Å²) in [5.41, 5.74) is 8.12. The first kappa shape index (κ1) is 26.5. The molecule has 0 unspecified atom stereocenters. The molecule has 1 aromatic carbocycles. The molecule has 1 heterocycles. The van der Waals surface area contributed by atoms with Crippen LogP contribution < -0.4 is 10.1 Å². The van der Waals surface area contributed by atoms with Crippen LogP contribution in [0, 0.1) is 5.41 Å². The fourth-order valence-electron chi connectivity index (χ4n) is 5.13. The minimum absolute atomic E-state index is 0.135. The molecular weight excluding hydrogens is 430 g/mol. The lowest BCUT2D eigenvalue weighted by Crippen LogP contribution is -2.31. The van der Waals surface area contributed by atoms with Crippen LogP contribution in [0.15, 0.2) is 83.0 Å². The number of benzene rings is 1. The maximum atomic E-state index is 12.6. The largest absolute Gasteiger partial charge is 0.423 e. The second-order valence-electron chi connectivity index (χ2n) is 11.2.